The summed E-state index contributed by atoms with van der Waals surface area (Å²) in [4.78, 5) is 12.4. The van der Waals surface area contributed by atoms with Crippen molar-refractivity contribution < 1.29 is 18.3 Å². The minimum atomic E-state index is -2.87. The fraction of sp³-hybridized carbons (Fsp3) is 0.278. The van der Waals surface area contributed by atoms with Crippen LogP contribution in [0.4, 0.5) is 8.78 Å². The molecule has 3 nitrogen and oxygen atoms in total. The molecule has 0 aromatic heterocycles. The van der Waals surface area contributed by atoms with E-state index in [1.165, 1.54) is 12.1 Å². The number of amides is 1. The molecule has 2 aromatic carbocycles. The lowest BCUT2D eigenvalue weighted by Gasteiger charge is -2.16. The number of halogens is 2. The second-order valence-electron chi connectivity index (χ2n) is 5.46. The van der Waals surface area contributed by atoms with E-state index in [4.69, 9.17) is 0 Å². The first-order valence-electron chi connectivity index (χ1n) is 7.29. The zero-order chi connectivity index (χ0) is 17.0. The Kier molecular flexibility index (Phi) is 5.32. The number of hydrogen-bond acceptors (Lipinski definition) is 2. The maximum absolute atomic E-state index is 12.4. The van der Waals surface area contributed by atoms with Gasteiger partial charge in [-0.3, -0.25) is 4.79 Å². The molecule has 0 aliphatic rings. The summed E-state index contributed by atoms with van der Waals surface area (Å²) in [6, 6.07) is 11.6. The molecule has 0 aliphatic carbocycles. The SMILES string of the molecule is Cc1ccc(C(=O)N[C@H](C)c2cccc(OC(F)F)c2)c(C)c1. The summed E-state index contributed by atoms with van der Waals surface area (Å²) in [5.41, 5.74) is 3.28. The van der Waals surface area contributed by atoms with Crippen molar-refractivity contribution in [2.75, 3.05) is 0 Å². The van der Waals surface area contributed by atoms with Crippen LogP contribution in [0.5, 0.6) is 5.75 Å². The molecule has 0 aliphatic heterocycles. The summed E-state index contributed by atoms with van der Waals surface area (Å²) in [6.07, 6.45) is 0. The minimum Gasteiger partial charge on any atom is -0.435 e. The third-order valence-electron chi connectivity index (χ3n) is 3.56. The first kappa shape index (κ1) is 16.9. The van der Waals surface area contributed by atoms with Gasteiger partial charge in [0, 0.05) is 5.56 Å². The molecular weight excluding hydrogens is 300 g/mol. The molecular formula is C18H19F2NO2. The van der Waals surface area contributed by atoms with E-state index in [2.05, 4.69) is 10.1 Å². The van der Waals surface area contributed by atoms with Crippen molar-refractivity contribution in [3.63, 3.8) is 0 Å². The number of hydrogen-bond donors (Lipinski definition) is 1. The van der Waals surface area contributed by atoms with Crippen LogP contribution in [-0.2, 0) is 0 Å². The molecule has 0 heterocycles. The molecule has 1 amide bonds. The van der Waals surface area contributed by atoms with Crippen LogP contribution in [0.2, 0.25) is 0 Å². The van der Waals surface area contributed by atoms with Crippen molar-refractivity contribution in [1.82, 2.24) is 5.32 Å². The van der Waals surface area contributed by atoms with Crippen LogP contribution >= 0.6 is 0 Å². The van der Waals surface area contributed by atoms with Crippen molar-refractivity contribution >= 4 is 5.91 Å². The van der Waals surface area contributed by atoms with Crippen molar-refractivity contribution in [1.29, 1.82) is 0 Å². The maximum Gasteiger partial charge on any atom is 0.387 e. The predicted octanol–water partition coefficient (Wildman–Crippen LogP) is 4.40. The first-order valence-corrected chi connectivity index (χ1v) is 7.29. The first-order chi connectivity index (χ1) is 10.9. The smallest absolute Gasteiger partial charge is 0.387 e. The number of alkyl halides is 2. The Labute approximate surface area is 134 Å². The van der Waals surface area contributed by atoms with E-state index in [1.807, 2.05) is 26.0 Å². The van der Waals surface area contributed by atoms with Gasteiger partial charge in [-0.25, -0.2) is 0 Å². The van der Waals surface area contributed by atoms with Crippen LogP contribution < -0.4 is 10.1 Å². The Morgan fingerprint density at radius 1 is 1.13 bits per heavy atom. The van der Waals surface area contributed by atoms with Gasteiger partial charge in [-0.2, -0.15) is 8.78 Å². The topological polar surface area (TPSA) is 38.3 Å². The Morgan fingerprint density at radius 2 is 1.87 bits per heavy atom. The Balaban J connectivity index is 2.12. The van der Waals surface area contributed by atoms with E-state index in [0.29, 0.717) is 11.1 Å². The third-order valence-corrected chi connectivity index (χ3v) is 3.56. The monoisotopic (exact) mass is 319 g/mol. The number of benzene rings is 2. The lowest BCUT2D eigenvalue weighted by Crippen LogP contribution is -2.27. The summed E-state index contributed by atoms with van der Waals surface area (Å²) in [5, 5.41) is 2.87. The number of carbonyl (C=O) groups excluding carboxylic acids is 1. The average Bonchev–Trinajstić information content (AvgIpc) is 2.46. The second-order valence-corrected chi connectivity index (χ2v) is 5.46. The molecule has 1 N–H and O–H groups in total. The van der Waals surface area contributed by atoms with Crippen molar-refractivity contribution in [2.24, 2.45) is 0 Å². The fourth-order valence-electron chi connectivity index (χ4n) is 2.39. The van der Waals surface area contributed by atoms with Gasteiger partial charge in [-0.15, -0.1) is 0 Å². The lowest BCUT2D eigenvalue weighted by molar-refractivity contribution is -0.0499. The highest BCUT2D eigenvalue weighted by molar-refractivity contribution is 5.95. The zero-order valence-corrected chi connectivity index (χ0v) is 13.3. The minimum absolute atomic E-state index is 0.0742. The largest absolute Gasteiger partial charge is 0.435 e. The molecule has 5 heteroatoms. The highest BCUT2D eigenvalue weighted by atomic mass is 19.3. The lowest BCUT2D eigenvalue weighted by atomic mass is 10.0. The summed E-state index contributed by atoms with van der Waals surface area (Å²) in [6.45, 7) is 2.77. The molecule has 0 fully saturated rings. The third kappa shape index (κ3) is 4.52. The van der Waals surface area contributed by atoms with Crippen LogP contribution in [0.3, 0.4) is 0 Å². The van der Waals surface area contributed by atoms with Gasteiger partial charge in [0.15, 0.2) is 0 Å². The van der Waals surface area contributed by atoms with E-state index in [1.54, 1.807) is 25.1 Å². The van der Waals surface area contributed by atoms with E-state index in [9.17, 15) is 13.6 Å². The van der Waals surface area contributed by atoms with Crippen LogP contribution in [0.15, 0.2) is 42.5 Å². The van der Waals surface area contributed by atoms with Crippen LogP contribution in [0.1, 0.15) is 40.0 Å². The van der Waals surface area contributed by atoms with Gasteiger partial charge in [-0.05, 0) is 50.1 Å². The van der Waals surface area contributed by atoms with E-state index in [-0.39, 0.29) is 17.7 Å². The molecule has 0 spiro atoms. The molecule has 1 atom stereocenters. The van der Waals surface area contributed by atoms with Gasteiger partial charge in [-0.1, -0.05) is 29.8 Å². The van der Waals surface area contributed by atoms with Gasteiger partial charge in [0.05, 0.1) is 6.04 Å². The van der Waals surface area contributed by atoms with Crippen LogP contribution in [0, 0.1) is 13.8 Å². The van der Waals surface area contributed by atoms with Gasteiger partial charge >= 0.3 is 6.61 Å². The molecule has 0 bridgehead atoms. The van der Waals surface area contributed by atoms with Gasteiger partial charge in [0.25, 0.3) is 5.91 Å². The summed E-state index contributed by atoms with van der Waals surface area (Å²) in [5.74, 6) is -0.125. The molecule has 0 saturated carbocycles. The highest BCUT2D eigenvalue weighted by Crippen LogP contribution is 2.21. The zero-order valence-electron chi connectivity index (χ0n) is 13.3. The average molecular weight is 319 g/mol. The molecule has 0 unspecified atom stereocenters. The predicted molar refractivity (Wildman–Crippen MR) is 84.9 cm³/mol. The van der Waals surface area contributed by atoms with E-state index in [0.717, 1.165) is 11.1 Å². The summed E-state index contributed by atoms with van der Waals surface area (Å²) < 4.78 is 28.9. The maximum atomic E-state index is 12.4. The van der Waals surface area contributed by atoms with Gasteiger partial charge < -0.3 is 10.1 Å². The quantitative estimate of drug-likeness (QED) is 0.887. The Bertz CT molecular complexity index is 701. The normalized spacial score (nSPS) is 12.1. The van der Waals surface area contributed by atoms with Gasteiger partial charge in [0.2, 0.25) is 0 Å². The highest BCUT2D eigenvalue weighted by Gasteiger charge is 2.14. The van der Waals surface area contributed by atoms with Crippen LogP contribution in [-0.4, -0.2) is 12.5 Å². The number of ether oxygens (including phenoxy) is 1. The molecule has 0 radical (unpaired) electrons. The van der Waals surface area contributed by atoms with E-state index < -0.39 is 6.61 Å². The van der Waals surface area contributed by atoms with Crippen molar-refractivity contribution in [2.45, 2.75) is 33.4 Å². The Morgan fingerprint density at radius 3 is 2.52 bits per heavy atom. The molecule has 2 rings (SSSR count). The standard InChI is InChI=1S/C18H19F2NO2/c1-11-7-8-16(12(2)9-11)17(22)21-13(3)14-5-4-6-15(10-14)23-18(19)20/h4-10,13,18H,1-3H3,(H,21,22)/t13-/m1/s1. The molecule has 2 aromatic rings. The molecule has 23 heavy (non-hydrogen) atoms. The summed E-state index contributed by atoms with van der Waals surface area (Å²) in [7, 11) is 0. The Hall–Kier alpha value is -2.43. The number of aryl methyl sites for hydroxylation is 2. The van der Waals surface area contributed by atoms with Crippen LogP contribution in [0.25, 0.3) is 0 Å². The summed E-state index contributed by atoms with van der Waals surface area (Å²) >= 11 is 0. The number of rotatable bonds is 5. The molecule has 122 valence electrons. The van der Waals surface area contributed by atoms with Crippen molar-refractivity contribution in [3.8, 4) is 5.75 Å². The second kappa shape index (κ2) is 7.22. The number of carbonyl (C=O) groups is 1. The van der Waals surface area contributed by atoms with Crippen molar-refractivity contribution in [3.05, 3.63) is 64.7 Å². The fourth-order valence-corrected chi connectivity index (χ4v) is 2.39. The molecule has 0 saturated heterocycles. The van der Waals surface area contributed by atoms with Gasteiger partial charge in [0.1, 0.15) is 5.75 Å². The van der Waals surface area contributed by atoms with E-state index >= 15 is 0 Å². The number of nitrogens with one attached hydrogen (secondary N) is 1.